The van der Waals surface area contributed by atoms with Crippen LogP contribution in [0.1, 0.15) is 37.4 Å². The zero-order chi connectivity index (χ0) is 10.7. The number of hydrogen-bond acceptors (Lipinski definition) is 5. The van der Waals surface area contributed by atoms with Crippen LogP contribution in [-0.4, -0.2) is 27.4 Å². The largest absolute Gasteiger partial charge is 0.392 e. The van der Waals surface area contributed by atoms with E-state index in [-0.39, 0.29) is 12.1 Å². The molecule has 1 aromatic heterocycles. The Morgan fingerprint density at radius 1 is 1.47 bits per heavy atom. The van der Waals surface area contributed by atoms with Gasteiger partial charge in [-0.1, -0.05) is 18.0 Å². The van der Waals surface area contributed by atoms with Crippen LogP contribution in [0.3, 0.4) is 0 Å². The molecule has 15 heavy (non-hydrogen) atoms. The fourth-order valence-electron chi connectivity index (χ4n) is 1.98. The van der Waals surface area contributed by atoms with Gasteiger partial charge in [0.15, 0.2) is 5.82 Å². The molecule has 0 saturated heterocycles. The van der Waals surface area contributed by atoms with Gasteiger partial charge < -0.3 is 14.9 Å². The first-order valence-corrected chi connectivity index (χ1v) is 5.46. The molecular weight excluding hydrogens is 194 g/mol. The van der Waals surface area contributed by atoms with Gasteiger partial charge in [-0.25, -0.2) is 0 Å². The lowest BCUT2D eigenvalue weighted by atomic mass is 9.93. The summed E-state index contributed by atoms with van der Waals surface area (Å²) in [6, 6.07) is 0.172. The van der Waals surface area contributed by atoms with E-state index in [1.54, 1.807) is 6.92 Å². The predicted molar refractivity (Wildman–Crippen MR) is 54.1 cm³/mol. The number of aryl methyl sites for hydroxylation is 1. The molecule has 2 N–H and O–H groups in total. The summed E-state index contributed by atoms with van der Waals surface area (Å²) in [5.74, 6) is 1.24. The smallest absolute Gasteiger partial charge is 0.240 e. The van der Waals surface area contributed by atoms with Crippen molar-refractivity contribution in [3.63, 3.8) is 0 Å². The summed E-state index contributed by atoms with van der Waals surface area (Å²) in [4.78, 5) is 4.10. The molecule has 0 aromatic carbocycles. The third-order valence-corrected chi connectivity index (χ3v) is 2.81. The maximum atomic E-state index is 9.72. The second kappa shape index (κ2) is 4.72. The van der Waals surface area contributed by atoms with Crippen LogP contribution in [0, 0.1) is 6.92 Å². The number of aliphatic hydroxyl groups excluding tert-OH is 1. The lowest BCUT2D eigenvalue weighted by Gasteiger charge is -2.27. The number of hydrogen-bond donors (Lipinski definition) is 2. The quantitative estimate of drug-likeness (QED) is 0.772. The second-order valence-corrected chi connectivity index (χ2v) is 4.07. The number of aliphatic hydroxyl groups is 1. The van der Waals surface area contributed by atoms with Crippen LogP contribution in [0.25, 0.3) is 0 Å². The zero-order valence-corrected chi connectivity index (χ0v) is 8.94. The van der Waals surface area contributed by atoms with Crippen molar-refractivity contribution in [1.82, 2.24) is 15.5 Å². The molecule has 0 aliphatic heterocycles. The highest BCUT2D eigenvalue weighted by Crippen LogP contribution is 2.18. The van der Waals surface area contributed by atoms with E-state index < -0.39 is 0 Å². The fraction of sp³-hybridized carbons (Fsp3) is 0.800. The number of nitrogens with one attached hydrogen (secondary N) is 1. The molecule has 1 heterocycles. The Kier molecular flexibility index (Phi) is 3.33. The highest BCUT2D eigenvalue weighted by molar-refractivity contribution is 4.86. The highest BCUT2D eigenvalue weighted by Gasteiger charge is 2.22. The summed E-state index contributed by atoms with van der Waals surface area (Å²) in [5.41, 5.74) is 0. The molecule has 2 atom stereocenters. The van der Waals surface area contributed by atoms with Gasteiger partial charge in [-0.15, -0.1) is 0 Å². The van der Waals surface area contributed by atoms with Crippen LogP contribution in [0.4, 0.5) is 0 Å². The number of rotatable bonds is 3. The van der Waals surface area contributed by atoms with Crippen molar-refractivity contribution in [2.24, 2.45) is 0 Å². The molecule has 1 aromatic rings. The van der Waals surface area contributed by atoms with Crippen LogP contribution in [0.15, 0.2) is 4.52 Å². The molecule has 2 unspecified atom stereocenters. The third kappa shape index (κ3) is 2.76. The summed E-state index contributed by atoms with van der Waals surface area (Å²) in [6.45, 7) is 2.34. The lowest BCUT2D eigenvalue weighted by molar-refractivity contribution is 0.0887. The van der Waals surface area contributed by atoms with Crippen molar-refractivity contribution < 1.29 is 9.63 Å². The number of nitrogens with zero attached hydrogens (tertiary/aromatic N) is 2. The molecule has 84 valence electrons. The molecule has 1 fully saturated rings. The van der Waals surface area contributed by atoms with Gasteiger partial charge in [0.05, 0.1) is 12.6 Å². The Hall–Kier alpha value is -0.940. The normalized spacial score (nSPS) is 26.8. The van der Waals surface area contributed by atoms with Gasteiger partial charge in [0.25, 0.3) is 0 Å². The van der Waals surface area contributed by atoms with Gasteiger partial charge in [0, 0.05) is 6.04 Å². The van der Waals surface area contributed by atoms with Gasteiger partial charge in [0.1, 0.15) is 0 Å². The average Bonchev–Trinajstić information content (AvgIpc) is 2.63. The van der Waals surface area contributed by atoms with E-state index in [0.717, 1.165) is 19.3 Å². The lowest BCUT2D eigenvalue weighted by Crippen LogP contribution is -2.41. The van der Waals surface area contributed by atoms with Crippen LogP contribution >= 0.6 is 0 Å². The summed E-state index contributed by atoms with van der Waals surface area (Å²) in [5, 5.41) is 16.7. The van der Waals surface area contributed by atoms with Crippen molar-refractivity contribution in [2.75, 3.05) is 0 Å². The maximum Gasteiger partial charge on any atom is 0.240 e. The predicted octanol–water partition coefficient (Wildman–Crippen LogP) is 0.771. The van der Waals surface area contributed by atoms with Crippen molar-refractivity contribution in [1.29, 1.82) is 0 Å². The molecule has 0 spiro atoms. The molecule has 0 amide bonds. The Bertz CT molecular complexity index is 313. The first-order chi connectivity index (χ1) is 7.25. The molecule has 1 aliphatic carbocycles. The van der Waals surface area contributed by atoms with E-state index in [4.69, 9.17) is 4.52 Å². The Morgan fingerprint density at radius 3 is 2.93 bits per heavy atom. The van der Waals surface area contributed by atoms with Crippen LogP contribution in [0.5, 0.6) is 0 Å². The van der Waals surface area contributed by atoms with Gasteiger partial charge in [-0.3, -0.25) is 0 Å². The van der Waals surface area contributed by atoms with E-state index >= 15 is 0 Å². The summed E-state index contributed by atoms with van der Waals surface area (Å²) < 4.78 is 4.99. The molecular formula is C10H17N3O2. The van der Waals surface area contributed by atoms with E-state index in [1.807, 2.05) is 0 Å². The molecule has 5 nitrogen and oxygen atoms in total. The molecule has 1 saturated carbocycles. The topological polar surface area (TPSA) is 71.2 Å². The van der Waals surface area contributed by atoms with Gasteiger partial charge in [-0.05, 0) is 19.8 Å². The van der Waals surface area contributed by atoms with Crippen LogP contribution < -0.4 is 5.32 Å². The standard InChI is InChI=1S/C10H17N3O2/c1-7-12-10(15-13-7)6-11-8-4-2-3-5-9(8)14/h8-9,11,14H,2-6H2,1H3. The van der Waals surface area contributed by atoms with E-state index in [1.165, 1.54) is 6.42 Å². The first kappa shape index (κ1) is 10.6. The molecule has 0 bridgehead atoms. The highest BCUT2D eigenvalue weighted by atomic mass is 16.5. The van der Waals surface area contributed by atoms with Crippen LogP contribution in [0.2, 0.25) is 0 Å². The Balaban J connectivity index is 1.81. The minimum absolute atomic E-state index is 0.172. The van der Waals surface area contributed by atoms with Crippen molar-refractivity contribution >= 4 is 0 Å². The van der Waals surface area contributed by atoms with Crippen molar-refractivity contribution in [3.05, 3.63) is 11.7 Å². The van der Waals surface area contributed by atoms with Gasteiger partial charge >= 0.3 is 0 Å². The first-order valence-electron chi connectivity index (χ1n) is 5.46. The Labute approximate surface area is 88.9 Å². The second-order valence-electron chi connectivity index (χ2n) is 4.07. The average molecular weight is 211 g/mol. The molecule has 2 rings (SSSR count). The number of aromatic nitrogens is 2. The minimum Gasteiger partial charge on any atom is -0.392 e. The summed E-state index contributed by atoms with van der Waals surface area (Å²) in [6.07, 6.45) is 3.98. The Morgan fingerprint density at radius 2 is 2.27 bits per heavy atom. The molecule has 1 aliphatic rings. The van der Waals surface area contributed by atoms with E-state index in [9.17, 15) is 5.11 Å². The van der Waals surface area contributed by atoms with E-state index in [2.05, 4.69) is 15.5 Å². The maximum absolute atomic E-state index is 9.72. The van der Waals surface area contributed by atoms with Crippen molar-refractivity contribution in [3.8, 4) is 0 Å². The molecule has 5 heteroatoms. The summed E-state index contributed by atoms with van der Waals surface area (Å²) in [7, 11) is 0. The van der Waals surface area contributed by atoms with Crippen molar-refractivity contribution in [2.45, 2.75) is 51.3 Å². The molecule has 0 radical (unpaired) electrons. The fourth-order valence-corrected chi connectivity index (χ4v) is 1.98. The minimum atomic E-state index is -0.234. The third-order valence-electron chi connectivity index (χ3n) is 2.81. The monoisotopic (exact) mass is 211 g/mol. The SMILES string of the molecule is Cc1noc(CNC2CCCCC2O)n1. The zero-order valence-electron chi connectivity index (χ0n) is 8.94. The van der Waals surface area contributed by atoms with Crippen LogP contribution in [-0.2, 0) is 6.54 Å². The van der Waals surface area contributed by atoms with Gasteiger partial charge in [0.2, 0.25) is 5.89 Å². The summed E-state index contributed by atoms with van der Waals surface area (Å²) >= 11 is 0. The van der Waals surface area contributed by atoms with Gasteiger partial charge in [-0.2, -0.15) is 4.98 Å². The van der Waals surface area contributed by atoms with E-state index in [0.29, 0.717) is 18.3 Å².